The van der Waals surface area contributed by atoms with E-state index < -0.39 is 0 Å². The first kappa shape index (κ1) is 15.1. The molecule has 4 nitrogen and oxygen atoms in total. The van der Waals surface area contributed by atoms with Crippen molar-refractivity contribution in [2.24, 2.45) is 0 Å². The highest BCUT2D eigenvalue weighted by molar-refractivity contribution is 5.49. The second-order valence-corrected chi connectivity index (χ2v) is 5.61. The number of anilines is 1. The molecule has 2 unspecified atom stereocenters. The summed E-state index contributed by atoms with van der Waals surface area (Å²) in [4.78, 5) is 2.08. The minimum Gasteiger partial charge on any atom is -0.489 e. The van der Waals surface area contributed by atoms with Crippen LogP contribution in [0.3, 0.4) is 0 Å². The highest BCUT2D eigenvalue weighted by Gasteiger charge is 2.15. The van der Waals surface area contributed by atoms with E-state index >= 15 is 0 Å². The lowest BCUT2D eigenvalue weighted by molar-refractivity contribution is 0.106. The summed E-state index contributed by atoms with van der Waals surface area (Å²) in [7, 11) is 4.07. The van der Waals surface area contributed by atoms with E-state index in [1.165, 1.54) is 12.8 Å². The summed E-state index contributed by atoms with van der Waals surface area (Å²) >= 11 is 0. The molecule has 0 radical (unpaired) electrons. The largest absolute Gasteiger partial charge is 0.489 e. The first-order valence-corrected chi connectivity index (χ1v) is 7.41. The monoisotopic (exact) mass is 278 g/mol. The first-order chi connectivity index (χ1) is 9.65. The predicted molar refractivity (Wildman–Crippen MR) is 82.7 cm³/mol. The van der Waals surface area contributed by atoms with Gasteiger partial charge in [-0.3, -0.25) is 0 Å². The maximum Gasteiger partial charge on any atom is 0.121 e. The Morgan fingerprint density at radius 2 is 2.30 bits per heavy atom. The molecule has 2 atom stereocenters. The Morgan fingerprint density at radius 3 is 3.00 bits per heavy atom. The van der Waals surface area contributed by atoms with Crippen molar-refractivity contribution in [1.29, 1.82) is 0 Å². The van der Waals surface area contributed by atoms with Crippen molar-refractivity contribution >= 4 is 5.69 Å². The molecule has 1 aromatic rings. The topological polar surface area (TPSA) is 33.7 Å². The third kappa shape index (κ3) is 4.69. The molecule has 1 aromatic carbocycles. The SMILES string of the molecule is CC(CNCC1CCCO1)Oc1cccc(N(C)C)c1. The lowest BCUT2D eigenvalue weighted by Crippen LogP contribution is -2.34. The Kier molecular flexibility index (Phi) is 5.68. The van der Waals surface area contributed by atoms with Crippen LogP contribution < -0.4 is 15.0 Å². The average molecular weight is 278 g/mol. The number of nitrogens with zero attached hydrogens (tertiary/aromatic N) is 1. The van der Waals surface area contributed by atoms with Crippen molar-refractivity contribution in [3.8, 4) is 5.75 Å². The zero-order chi connectivity index (χ0) is 14.4. The van der Waals surface area contributed by atoms with Gasteiger partial charge in [0.2, 0.25) is 0 Å². The predicted octanol–water partition coefficient (Wildman–Crippen LogP) is 2.29. The maximum atomic E-state index is 5.94. The summed E-state index contributed by atoms with van der Waals surface area (Å²) in [6.45, 7) is 4.76. The Hall–Kier alpha value is -1.26. The molecule has 4 heteroatoms. The second kappa shape index (κ2) is 7.50. The van der Waals surface area contributed by atoms with E-state index in [0.717, 1.165) is 31.1 Å². The van der Waals surface area contributed by atoms with Crippen LogP contribution in [-0.2, 0) is 4.74 Å². The smallest absolute Gasteiger partial charge is 0.121 e. The Morgan fingerprint density at radius 1 is 1.45 bits per heavy atom. The van der Waals surface area contributed by atoms with Gasteiger partial charge in [0.15, 0.2) is 0 Å². The average Bonchev–Trinajstić information content (AvgIpc) is 2.92. The lowest BCUT2D eigenvalue weighted by Gasteiger charge is -2.19. The Labute approximate surface area is 122 Å². The lowest BCUT2D eigenvalue weighted by atomic mass is 10.2. The molecule has 0 spiro atoms. The zero-order valence-electron chi connectivity index (χ0n) is 12.8. The van der Waals surface area contributed by atoms with Crippen molar-refractivity contribution in [2.45, 2.75) is 32.0 Å². The molecular weight excluding hydrogens is 252 g/mol. The number of benzene rings is 1. The Bertz CT molecular complexity index is 403. The van der Waals surface area contributed by atoms with E-state index in [2.05, 4.69) is 29.3 Å². The maximum absolute atomic E-state index is 5.94. The van der Waals surface area contributed by atoms with E-state index in [-0.39, 0.29) is 6.10 Å². The van der Waals surface area contributed by atoms with E-state index in [1.807, 2.05) is 26.2 Å². The molecule has 0 saturated carbocycles. The molecule has 1 aliphatic rings. The molecule has 0 amide bonds. The quantitative estimate of drug-likeness (QED) is 0.830. The molecule has 1 aliphatic heterocycles. The van der Waals surface area contributed by atoms with Crippen LogP contribution in [0.2, 0.25) is 0 Å². The third-order valence-electron chi connectivity index (χ3n) is 3.50. The minimum absolute atomic E-state index is 0.147. The Balaban J connectivity index is 1.73. The highest BCUT2D eigenvalue weighted by atomic mass is 16.5. The molecule has 1 heterocycles. The fourth-order valence-corrected chi connectivity index (χ4v) is 2.36. The van der Waals surface area contributed by atoms with Crippen LogP contribution in [-0.4, -0.2) is 46.0 Å². The van der Waals surface area contributed by atoms with Gasteiger partial charge in [0.1, 0.15) is 11.9 Å². The fraction of sp³-hybridized carbons (Fsp3) is 0.625. The van der Waals surface area contributed by atoms with Crippen LogP contribution in [0.4, 0.5) is 5.69 Å². The molecular formula is C16H26N2O2. The van der Waals surface area contributed by atoms with Crippen LogP contribution in [0.15, 0.2) is 24.3 Å². The van der Waals surface area contributed by atoms with Crippen molar-refractivity contribution in [3.63, 3.8) is 0 Å². The van der Waals surface area contributed by atoms with Gasteiger partial charge in [-0.25, -0.2) is 0 Å². The van der Waals surface area contributed by atoms with Crippen LogP contribution in [0.5, 0.6) is 5.75 Å². The first-order valence-electron chi connectivity index (χ1n) is 7.41. The van der Waals surface area contributed by atoms with Gasteiger partial charge in [-0.1, -0.05) is 6.07 Å². The van der Waals surface area contributed by atoms with E-state index in [9.17, 15) is 0 Å². The summed E-state index contributed by atoms with van der Waals surface area (Å²) in [5.74, 6) is 0.919. The molecule has 1 N–H and O–H groups in total. The molecule has 0 bridgehead atoms. The van der Waals surface area contributed by atoms with E-state index in [0.29, 0.717) is 6.10 Å². The number of hydrogen-bond donors (Lipinski definition) is 1. The summed E-state index contributed by atoms with van der Waals surface area (Å²) in [6, 6.07) is 8.17. The normalized spacial score (nSPS) is 19.9. The molecule has 112 valence electrons. The summed E-state index contributed by atoms with van der Waals surface area (Å²) in [6.07, 6.45) is 2.90. The summed E-state index contributed by atoms with van der Waals surface area (Å²) < 4.78 is 11.5. The van der Waals surface area contributed by atoms with Crippen LogP contribution in [0.1, 0.15) is 19.8 Å². The number of ether oxygens (including phenoxy) is 2. The molecule has 0 aromatic heterocycles. The molecule has 2 rings (SSSR count). The van der Waals surface area contributed by atoms with E-state index in [1.54, 1.807) is 0 Å². The second-order valence-electron chi connectivity index (χ2n) is 5.61. The van der Waals surface area contributed by atoms with Crippen LogP contribution in [0, 0.1) is 0 Å². The number of nitrogens with one attached hydrogen (secondary N) is 1. The van der Waals surface area contributed by atoms with Crippen molar-refractivity contribution < 1.29 is 9.47 Å². The van der Waals surface area contributed by atoms with Gasteiger partial charge in [0.25, 0.3) is 0 Å². The highest BCUT2D eigenvalue weighted by Crippen LogP contribution is 2.20. The van der Waals surface area contributed by atoms with Crippen molar-refractivity contribution in [1.82, 2.24) is 5.32 Å². The summed E-state index contributed by atoms with van der Waals surface area (Å²) in [5, 5.41) is 3.42. The van der Waals surface area contributed by atoms with Gasteiger partial charge in [0, 0.05) is 45.5 Å². The van der Waals surface area contributed by atoms with Gasteiger partial charge in [-0.15, -0.1) is 0 Å². The standard InChI is InChI=1S/C16H26N2O2/c1-13(11-17-12-16-8-5-9-19-16)20-15-7-4-6-14(10-15)18(2)3/h4,6-7,10,13,16-17H,5,8-9,11-12H2,1-3H3. The fourth-order valence-electron chi connectivity index (χ4n) is 2.36. The van der Waals surface area contributed by atoms with Crippen LogP contribution >= 0.6 is 0 Å². The zero-order valence-corrected chi connectivity index (χ0v) is 12.8. The van der Waals surface area contributed by atoms with Gasteiger partial charge in [-0.05, 0) is 31.9 Å². The molecule has 0 aliphatic carbocycles. The number of rotatable bonds is 7. The van der Waals surface area contributed by atoms with E-state index in [4.69, 9.17) is 9.47 Å². The van der Waals surface area contributed by atoms with Crippen LogP contribution in [0.25, 0.3) is 0 Å². The molecule has 1 saturated heterocycles. The third-order valence-corrected chi connectivity index (χ3v) is 3.50. The van der Waals surface area contributed by atoms with Gasteiger partial charge < -0.3 is 19.7 Å². The number of hydrogen-bond acceptors (Lipinski definition) is 4. The molecule has 20 heavy (non-hydrogen) atoms. The van der Waals surface area contributed by atoms with Gasteiger partial charge in [-0.2, -0.15) is 0 Å². The van der Waals surface area contributed by atoms with Gasteiger partial charge >= 0.3 is 0 Å². The summed E-state index contributed by atoms with van der Waals surface area (Å²) in [5.41, 5.74) is 1.15. The van der Waals surface area contributed by atoms with Crippen molar-refractivity contribution in [3.05, 3.63) is 24.3 Å². The molecule has 1 fully saturated rings. The van der Waals surface area contributed by atoms with Gasteiger partial charge in [0.05, 0.1) is 6.10 Å². The van der Waals surface area contributed by atoms with Crippen molar-refractivity contribution in [2.75, 3.05) is 38.7 Å². The minimum atomic E-state index is 0.147.